The van der Waals surface area contributed by atoms with Crippen molar-refractivity contribution < 1.29 is 9.66 Å². The maximum Gasteiger partial charge on any atom is 0.287 e. The van der Waals surface area contributed by atoms with Crippen molar-refractivity contribution in [2.75, 3.05) is 0 Å². The average Bonchev–Trinajstić information content (AvgIpc) is 2.40. The first-order valence-electron chi connectivity index (χ1n) is 5.59. The number of ether oxygens (including phenoxy) is 1. The fourth-order valence-electron chi connectivity index (χ4n) is 1.53. The molecule has 0 fully saturated rings. The van der Waals surface area contributed by atoms with Gasteiger partial charge in [-0.1, -0.05) is 23.7 Å². The summed E-state index contributed by atoms with van der Waals surface area (Å²) in [7, 11) is 0. The summed E-state index contributed by atoms with van der Waals surface area (Å²) in [5, 5.41) is 11.2. The number of nitrogens with zero attached hydrogens (tertiary/aromatic N) is 2. The predicted molar refractivity (Wildman–Crippen MR) is 71.4 cm³/mol. The van der Waals surface area contributed by atoms with Gasteiger partial charge in [-0.2, -0.15) is 0 Å². The third-order valence-electron chi connectivity index (χ3n) is 2.57. The van der Waals surface area contributed by atoms with Gasteiger partial charge >= 0.3 is 0 Å². The molecule has 1 unspecified atom stereocenters. The van der Waals surface area contributed by atoms with Crippen molar-refractivity contribution in [2.24, 2.45) is 0 Å². The molecule has 6 heteroatoms. The Morgan fingerprint density at radius 2 is 1.95 bits per heavy atom. The van der Waals surface area contributed by atoms with Gasteiger partial charge < -0.3 is 4.74 Å². The minimum absolute atomic E-state index is 0.0634. The van der Waals surface area contributed by atoms with Gasteiger partial charge in [0.1, 0.15) is 12.3 Å². The summed E-state index contributed by atoms with van der Waals surface area (Å²) < 4.78 is 5.60. The lowest BCUT2D eigenvalue weighted by molar-refractivity contribution is -0.385. The Morgan fingerprint density at radius 3 is 2.47 bits per heavy atom. The van der Waals surface area contributed by atoms with Gasteiger partial charge in [-0.3, -0.25) is 10.1 Å². The molecule has 2 rings (SSSR count). The number of nitro groups is 1. The fraction of sp³-hybridized carbons (Fsp3) is 0.154. The second-order valence-electron chi connectivity index (χ2n) is 3.92. The van der Waals surface area contributed by atoms with E-state index in [-0.39, 0.29) is 11.8 Å². The Hall–Kier alpha value is -2.14. The molecular weight excluding hydrogens is 268 g/mol. The Balaban J connectivity index is 2.08. The van der Waals surface area contributed by atoms with Gasteiger partial charge in [0.25, 0.3) is 5.69 Å². The topological polar surface area (TPSA) is 65.3 Å². The van der Waals surface area contributed by atoms with E-state index in [0.29, 0.717) is 10.9 Å². The third kappa shape index (κ3) is 3.42. The summed E-state index contributed by atoms with van der Waals surface area (Å²) in [5.41, 5.74) is 0.885. The number of benzene rings is 1. The number of rotatable bonds is 4. The average molecular weight is 279 g/mol. The normalized spacial score (nSPS) is 11.9. The van der Waals surface area contributed by atoms with Crippen molar-refractivity contribution >= 4 is 17.3 Å². The molecule has 98 valence electrons. The predicted octanol–water partition coefficient (Wildman–Crippen LogP) is 3.78. The molecule has 1 atom stereocenters. The monoisotopic (exact) mass is 278 g/mol. The van der Waals surface area contributed by atoms with Crippen LogP contribution in [0.1, 0.15) is 18.6 Å². The van der Waals surface area contributed by atoms with Crippen molar-refractivity contribution in [2.45, 2.75) is 13.0 Å². The maximum absolute atomic E-state index is 10.5. The van der Waals surface area contributed by atoms with Crippen molar-refractivity contribution in [1.82, 2.24) is 4.98 Å². The van der Waals surface area contributed by atoms with E-state index < -0.39 is 4.92 Å². The van der Waals surface area contributed by atoms with Crippen LogP contribution in [0.4, 0.5) is 5.69 Å². The van der Waals surface area contributed by atoms with E-state index in [9.17, 15) is 10.1 Å². The van der Waals surface area contributed by atoms with Crippen LogP contribution in [0.3, 0.4) is 0 Å². The number of hydrogen-bond acceptors (Lipinski definition) is 4. The minimum Gasteiger partial charge on any atom is -0.470 e. The molecule has 0 radical (unpaired) electrons. The second kappa shape index (κ2) is 5.67. The summed E-state index contributed by atoms with van der Waals surface area (Å²) >= 11 is 5.81. The molecule has 1 aromatic heterocycles. The molecule has 0 aliphatic heterocycles. The van der Waals surface area contributed by atoms with Crippen LogP contribution >= 0.6 is 11.6 Å². The lowest BCUT2D eigenvalue weighted by Crippen LogP contribution is -2.04. The minimum atomic E-state index is -0.501. The molecule has 5 nitrogen and oxygen atoms in total. The van der Waals surface area contributed by atoms with Gasteiger partial charge in [-0.05, 0) is 24.6 Å². The Labute approximate surface area is 115 Å². The first-order valence-corrected chi connectivity index (χ1v) is 5.96. The first kappa shape index (κ1) is 13.3. The highest BCUT2D eigenvalue weighted by Crippen LogP contribution is 2.22. The molecule has 1 aromatic carbocycles. The quantitative estimate of drug-likeness (QED) is 0.630. The van der Waals surface area contributed by atoms with Crippen LogP contribution in [-0.4, -0.2) is 9.91 Å². The summed E-state index contributed by atoms with van der Waals surface area (Å²) in [6, 6.07) is 10.1. The van der Waals surface area contributed by atoms with E-state index in [2.05, 4.69) is 4.98 Å². The highest BCUT2D eigenvalue weighted by molar-refractivity contribution is 6.30. The highest BCUT2D eigenvalue weighted by atomic mass is 35.5. The zero-order valence-electron chi connectivity index (χ0n) is 10.1. The zero-order valence-corrected chi connectivity index (χ0v) is 10.9. The van der Waals surface area contributed by atoms with E-state index in [1.54, 1.807) is 12.1 Å². The smallest absolute Gasteiger partial charge is 0.287 e. The molecule has 0 spiro atoms. The lowest BCUT2D eigenvalue weighted by atomic mass is 10.1. The molecular formula is C13H11ClN2O3. The van der Waals surface area contributed by atoms with E-state index in [1.807, 2.05) is 19.1 Å². The highest BCUT2D eigenvalue weighted by Gasteiger charge is 2.10. The SMILES string of the molecule is CC(Oc1ccc([N+](=O)[O-])cn1)c1ccc(Cl)cc1. The van der Waals surface area contributed by atoms with Crippen LogP contribution in [0.2, 0.25) is 5.02 Å². The van der Waals surface area contributed by atoms with Gasteiger partial charge in [0.05, 0.1) is 4.92 Å². The number of aromatic nitrogens is 1. The first-order chi connectivity index (χ1) is 9.06. The second-order valence-corrected chi connectivity index (χ2v) is 4.36. The third-order valence-corrected chi connectivity index (χ3v) is 2.82. The molecule has 0 N–H and O–H groups in total. The number of pyridine rings is 1. The molecule has 0 aliphatic carbocycles. The van der Waals surface area contributed by atoms with Crippen LogP contribution in [0.25, 0.3) is 0 Å². The Bertz CT molecular complexity index is 569. The Kier molecular flexibility index (Phi) is 3.97. The maximum atomic E-state index is 10.5. The summed E-state index contributed by atoms with van der Waals surface area (Å²) in [4.78, 5) is 13.9. The van der Waals surface area contributed by atoms with Crippen molar-refractivity contribution in [3.05, 3.63) is 63.3 Å². The van der Waals surface area contributed by atoms with Crippen LogP contribution < -0.4 is 4.74 Å². The van der Waals surface area contributed by atoms with Gasteiger partial charge in [0.15, 0.2) is 0 Å². The van der Waals surface area contributed by atoms with E-state index >= 15 is 0 Å². The van der Waals surface area contributed by atoms with Crippen LogP contribution in [0.15, 0.2) is 42.6 Å². The largest absolute Gasteiger partial charge is 0.470 e. The molecule has 0 aliphatic rings. The molecule has 0 bridgehead atoms. The molecule has 0 saturated heterocycles. The van der Waals surface area contributed by atoms with Gasteiger partial charge in [0.2, 0.25) is 5.88 Å². The van der Waals surface area contributed by atoms with Gasteiger partial charge in [-0.25, -0.2) is 4.98 Å². The molecule has 1 heterocycles. The molecule has 0 saturated carbocycles. The van der Waals surface area contributed by atoms with Gasteiger partial charge in [0, 0.05) is 17.2 Å². The summed E-state index contributed by atoms with van der Waals surface area (Å²) in [6.45, 7) is 1.87. The zero-order chi connectivity index (χ0) is 13.8. The van der Waals surface area contributed by atoms with Crippen molar-refractivity contribution in [1.29, 1.82) is 0 Å². The number of halogens is 1. The number of hydrogen-bond donors (Lipinski definition) is 0. The Morgan fingerprint density at radius 1 is 1.26 bits per heavy atom. The van der Waals surface area contributed by atoms with E-state index in [1.165, 1.54) is 18.3 Å². The van der Waals surface area contributed by atoms with Gasteiger partial charge in [-0.15, -0.1) is 0 Å². The molecule has 2 aromatic rings. The standard InChI is InChI=1S/C13H11ClN2O3/c1-9(10-2-4-11(14)5-3-10)19-13-7-6-12(8-15-13)16(17)18/h2-9H,1H3. The fourth-order valence-corrected chi connectivity index (χ4v) is 1.66. The van der Waals surface area contributed by atoms with Crippen molar-refractivity contribution in [3.8, 4) is 5.88 Å². The summed E-state index contributed by atoms with van der Waals surface area (Å²) in [6.07, 6.45) is 0.954. The van der Waals surface area contributed by atoms with Crippen LogP contribution in [0, 0.1) is 10.1 Å². The van der Waals surface area contributed by atoms with E-state index in [4.69, 9.17) is 16.3 Å². The van der Waals surface area contributed by atoms with Crippen molar-refractivity contribution in [3.63, 3.8) is 0 Å². The van der Waals surface area contributed by atoms with E-state index in [0.717, 1.165) is 5.56 Å². The summed E-state index contributed by atoms with van der Waals surface area (Å²) in [5.74, 6) is 0.341. The lowest BCUT2D eigenvalue weighted by Gasteiger charge is -2.13. The molecule has 19 heavy (non-hydrogen) atoms. The van der Waals surface area contributed by atoms with Crippen LogP contribution in [-0.2, 0) is 0 Å². The molecule has 0 amide bonds. The van der Waals surface area contributed by atoms with Crippen LogP contribution in [0.5, 0.6) is 5.88 Å².